The van der Waals surface area contributed by atoms with E-state index in [0.717, 1.165) is 18.2 Å². The molecule has 4 N–H and O–H groups in total. The van der Waals surface area contributed by atoms with Crippen molar-refractivity contribution >= 4 is 34.3 Å². The van der Waals surface area contributed by atoms with Gasteiger partial charge in [-0.2, -0.15) is 13.2 Å². The molecule has 43 heavy (non-hydrogen) atoms. The first-order valence-corrected chi connectivity index (χ1v) is 13.0. The maximum atomic E-state index is 14.6. The van der Waals surface area contributed by atoms with Crippen molar-refractivity contribution in [1.82, 2.24) is 15.3 Å². The number of carbonyl (C=O) groups is 2. The van der Waals surface area contributed by atoms with Crippen LogP contribution in [0.5, 0.6) is 11.5 Å². The first-order chi connectivity index (χ1) is 20.2. The third-order valence-corrected chi connectivity index (χ3v) is 7.62. The van der Waals surface area contributed by atoms with E-state index in [1.165, 1.54) is 50.4 Å². The number of alkyl halides is 3. The Hall–Kier alpha value is -4.49. The number of primary amides is 1. The zero-order valence-corrected chi connectivity index (χ0v) is 23.3. The smallest absolute Gasteiger partial charge is 0.424 e. The summed E-state index contributed by atoms with van der Waals surface area (Å²) in [6, 6.07) is 11.2. The lowest BCUT2D eigenvalue weighted by atomic mass is 9.81. The van der Waals surface area contributed by atoms with E-state index in [4.69, 9.17) is 26.8 Å². The van der Waals surface area contributed by atoms with Crippen LogP contribution >= 0.6 is 11.6 Å². The fourth-order valence-electron chi connectivity index (χ4n) is 4.67. The number of halogens is 5. The summed E-state index contributed by atoms with van der Waals surface area (Å²) in [5.74, 6) is -2.25. The van der Waals surface area contributed by atoms with Crippen LogP contribution in [-0.4, -0.2) is 53.3 Å². The molecule has 0 radical (unpaired) electrons. The Morgan fingerprint density at radius 3 is 2.47 bits per heavy atom. The van der Waals surface area contributed by atoms with Crippen LogP contribution in [0.1, 0.15) is 28.5 Å². The van der Waals surface area contributed by atoms with Gasteiger partial charge in [0, 0.05) is 22.1 Å². The van der Waals surface area contributed by atoms with Gasteiger partial charge in [0.05, 0.1) is 24.9 Å². The molecule has 0 saturated heterocycles. The number of methoxy groups -OCH3 is 1. The van der Waals surface area contributed by atoms with Gasteiger partial charge in [-0.3, -0.25) is 9.59 Å². The molecule has 0 fully saturated rings. The Labute approximate surface area is 246 Å². The van der Waals surface area contributed by atoms with Crippen molar-refractivity contribution in [3.05, 3.63) is 82.4 Å². The molecule has 1 aliphatic heterocycles. The molecule has 0 bridgehead atoms. The Morgan fingerprint density at radius 2 is 1.84 bits per heavy atom. The highest BCUT2D eigenvalue weighted by atomic mass is 35.5. The Morgan fingerprint density at radius 1 is 1.14 bits per heavy atom. The van der Waals surface area contributed by atoms with Crippen molar-refractivity contribution in [3.8, 4) is 22.8 Å². The number of aliphatic hydroxyl groups is 1. The predicted molar refractivity (Wildman–Crippen MR) is 147 cm³/mol. The summed E-state index contributed by atoms with van der Waals surface area (Å²) in [4.78, 5) is 33.6. The van der Waals surface area contributed by atoms with E-state index >= 15 is 0 Å². The molecule has 224 valence electrons. The largest absolute Gasteiger partial charge is 0.494 e. The zero-order valence-electron chi connectivity index (χ0n) is 22.6. The van der Waals surface area contributed by atoms with E-state index in [2.05, 4.69) is 15.3 Å². The molecule has 2 aromatic heterocycles. The number of benzene rings is 2. The summed E-state index contributed by atoms with van der Waals surface area (Å²) < 4.78 is 68.2. The molecule has 2 aromatic carbocycles. The Balaban J connectivity index is 1.56. The molecule has 3 heterocycles. The Bertz CT molecular complexity index is 1770. The number of hydrogen-bond acceptors (Lipinski definition) is 7. The maximum absolute atomic E-state index is 14.6. The molecule has 9 nitrogen and oxygen atoms in total. The first kappa shape index (κ1) is 30.0. The molecule has 4 aromatic rings. The molecule has 2 amide bonds. The summed E-state index contributed by atoms with van der Waals surface area (Å²) in [7, 11) is 1.37. The minimum Gasteiger partial charge on any atom is -0.494 e. The summed E-state index contributed by atoms with van der Waals surface area (Å²) in [5, 5.41) is 13.8. The predicted octanol–water partition coefficient (Wildman–Crippen LogP) is 4.41. The molecule has 0 aliphatic carbocycles. The lowest BCUT2D eigenvalue weighted by Gasteiger charge is -2.31. The molecule has 14 heteroatoms. The van der Waals surface area contributed by atoms with Crippen LogP contribution in [-0.2, 0) is 15.8 Å². The third kappa shape index (κ3) is 5.19. The van der Waals surface area contributed by atoms with Crippen LogP contribution in [0.4, 0.5) is 17.6 Å². The van der Waals surface area contributed by atoms with Crippen LogP contribution < -0.4 is 20.5 Å². The highest BCUT2D eigenvalue weighted by Gasteiger charge is 2.57. The summed E-state index contributed by atoms with van der Waals surface area (Å²) in [5.41, 5.74) is -0.357. The zero-order chi connectivity index (χ0) is 31.3. The summed E-state index contributed by atoms with van der Waals surface area (Å²) in [6.45, 7) is -0.270. The van der Waals surface area contributed by atoms with Gasteiger partial charge in [0.1, 0.15) is 29.3 Å². The molecular formula is C29H23ClF4N4O5. The monoisotopic (exact) mass is 618 g/mol. The SMILES string of the molecule is COc1cc2cc(C(=O)NC[C@](O)(c3cc4c(c(-c5ccc(F)cc5)n3)OC[C@]4(C)C(N)=O)C(F)(F)F)ccc2nc1Cl. The van der Waals surface area contributed by atoms with Gasteiger partial charge in [-0.15, -0.1) is 0 Å². The van der Waals surface area contributed by atoms with Gasteiger partial charge < -0.3 is 25.6 Å². The number of nitrogens with two attached hydrogens (primary N) is 1. The second kappa shape index (κ2) is 10.7. The fourth-order valence-corrected chi connectivity index (χ4v) is 4.89. The van der Waals surface area contributed by atoms with E-state index in [1.54, 1.807) is 0 Å². The van der Waals surface area contributed by atoms with E-state index < -0.39 is 47.1 Å². The number of aromatic nitrogens is 2. The quantitative estimate of drug-likeness (QED) is 0.206. The van der Waals surface area contributed by atoms with Crippen LogP contribution in [0.15, 0.2) is 54.6 Å². The summed E-state index contributed by atoms with van der Waals surface area (Å²) in [6.07, 6.45) is -5.36. The maximum Gasteiger partial charge on any atom is 0.424 e. The number of hydrogen-bond donors (Lipinski definition) is 3. The molecule has 0 unspecified atom stereocenters. The minimum absolute atomic E-state index is 0.0354. The minimum atomic E-state index is -5.36. The molecule has 2 atom stereocenters. The topological polar surface area (TPSA) is 137 Å². The number of nitrogens with one attached hydrogen (secondary N) is 1. The van der Waals surface area contributed by atoms with Crippen LogP contribution in [0, 0.1) is 5.82 Å². The van der Waals surface area contributed by atoms with Crippen molar-refractivity contribution < 1.29 is 41.7 Å². The van der Waals surface area contributed by atoms with Crippen molar-refractivity contribution in [2.45, 2.75) is 24.1 Å². The van der Waals surface area contributed by atoms with Crippen molar-refractivity contribution in [1.29, 1.82) is 0 Å². The highest BCUT2D eigenvalue weighted by molar-refractivity contribution is 6.31. The lowest BCUT2D eigenvalue weighted by Crippen LogP contribution is -2.51. The number of amides is 2. The van der Waals surface area contributed by atoms with Crippen molar-refractivity contribution in [2.24, 2.45) is 5.73 Å². The van der Waals surface area contributed by atoms with E-state index in [9.17, 15) is 32.3 Å². The third-order valence-electron chi connectivity index (χ3n) is 7.35. The average Bonchev–Trinajstić information content (AvgIpc) is 3.32. The van der Waals surface area contributed by atoms with E-state index in [0.29, 0.717) is 10.9 Å². The standard InChI is InChI=1S/C29H23ClF4N4O5/c1-27(26(35)40)13-43-23-18(27)11-21(38-22(23)14-3-6-17(31)7-4-14)28(41,29(32,33)34)12-36-25(39)15-5-8-19-16(9-15)10-20(42-2)24(30)37-19/h3-11,41H,12-13H2,1-2H3,(H2,35,40)(H,36,39)/t27-,28-/m0/s1. The van der Waals surface area contributed by atoms with Crippen LogP contribution in [0.25, 0.3) is 22.2 Å². The van der Waals surface area contributed by atoms with E-state index in [1.807, 2.05) is 0 Å². The number of fused-ring (bicyclic) bond motifs is 2. The number of pyridine rings is 2. The van der Waals surface area contributed by atoms with Gasteiger partial charge in [0.2, 0.25) is 11.5 Å². The fraction of sp³-hybridized carbons (Fsp3) is 0.241. The van der Waals surface area contributed by atoms with Gasteiger partial charge in [-0.1, -0.05) is 11.6 Å². The molecule has 1 aliphatic rings. The second-order valence-corrected chi connectivity index (χ2v) is 10.5. The van der Waals surface area contributed by atoms with Crippen LogP contribution in [0.2, 0.25) is 5.15 Å². The highest BCUT2D eigenvalue weighted by Crippen LogP contribution is 2.47. The lowest BCUT2D eigenvalue weighted by molar-refractivity contribution is -0.265. The molecule has 0 saturated carbocycles. The number of nitrogens with zero attached hydrogens (tertiary/aromatic N) is 2. The molecular weight excluding hydrogens is 596 g/mol. The second-order valence-electron chi connectivity index (χ2n) is 10.2. The number of rotatable bonds is 7. The van der Waals surface area contributed by atoms with Crippen molar-refractivity contribution in [2.75, 3.05) is 20.3 Å². The number of carbonyl (C=O) groups excluding carboxylic acids is 2. The molecule has 0 spiro atoms. The van der Waals surface area contributed by atoms with E-state index in [-0.39, 0.29) is 45.6 Å². The Kier molecular flexibility index (Phi) is 7.43. The first-order valence-electron chi connectivity index (χ1n) is 12.6. The van der Waals surface area contributed by atoms with Gasteiger partial charge >= 0.3 is 6.18 Å². The van der Waals surface area contributed by atoms with Crippen LogP contribution in [0.3, 0.4) is 0 Å². The van der Waals surface area contributed by atoms with Gasteiger partial charge in [-0.25, -0.2) is 14.4 Å². The normalized spacial score (nSPS) is 17.6. The van der Waals surface area contributed by atoms with Gasteiger partial charge in [0.25, 0.3) is 5.91 Å². The summed E-state index contributed by atoms with van der Waals surface area (Å²) >= 11 is 6.03. The number of ether oxygens (including phenoxy) is 2. The molecule has 5 rings (SSSR count). The van der Waals surface area contributed by atoms with Gasteiger partial charge in [-0.05, 0) is 61.5 Å². The average molecular weight is 619 g/mol. The van der Waals surface area contributed by atoms with Gasteiger partial charge in [0.15, 0.2) is 10.9 Å². The van der Waals surface area contributed by atoms with Crippen molar-refractivity contribution in [3.63, 3.8) is 0 Å².